The molecule has 1 aromatic heterocycles. The SMILES string of the molecule is CCN(CC(=O)NCc1ccc(F)cc1)C(=O)c1csc2c1CCC(C)C2. The van der Waals surface area contributed by atoms with Crippen LogP contribution in [0.2, 0.25) is 0 Å². The number of fused-ring (bicyclic) bond motifs is 1. The lowest BCUT2D eigenvalue weighted by molar-refractivity contribution is -0.121. The van der Waals surface area contributed by atoms with Crippen LogP contribution in [0, 0.1) is 11.7 Å². The Labute approximate surface area is 163 Å². The Morgan fingerprint density at radius 2 is 2.04 bits per heavy atom. The fourth-order valence-corrected chi connectivity index (χ4v) is 4.62. The smallest absolute Gasteiger partial charge is 0.255 e. The minimum atomic E-state index is -0.304. The van der Waals surface area contributed by atoms with Crippen LogP contribution in [-0.4, -0.2) is 29.8 Å². The lowest BCUT2D eigenvalue weighted by Crippen LogP contribution is -2.40. The molecule has 1 atom stereocenters. The quantitative estimate of drug-likeness (QED) is 0.819. The van der Waals surface area contributed by atoms with Gasteiger partial charge < -0.3 is 10.2 Å². The van der Waals surface area contributed by atoms with Crippen LogP contribution in [-0.2, 0) is 24.2 Å². The molecule has 27 heavy (non-hydrogen) atoms. The number of carbonyl (C=O) groups excluding carboxylic acids is 2. The van der Waals surface area contributed by atoms with Gasteiger partial charge in [0.15, 0.2) is 0 Å². The zero-order valence-corrected chi connectivity index (χ0v) is 16.6. The van der Waals surface area contributed by atoms with Crippen LogP contribution in [0.15, 0.2) is 29.6 Å². The zero-order chi connectivity index (χ0) is 19.4. The van der Waals surface area contributed by atoms with Gasteiger partial charge in [-0.25, -0.2) is 4.39 Å². The molecular weight excluding hydrogens is 363 g/mol. The fourth-order valence-electron chi connectivity index (χ4n) is 3.39. The Bertz CT molecular complexity index is 816. The highest BCUT2D eigenvalue weighted by Gasteiger charge is 2.26. The molecule has 0 saturated carbocycles. The first-order chi connectivity index (χ1) is 13.0. The summed E-state index contributed by atoms with van der Waals surface area (Å²) in [5.74, 6) is 0.0775. The maximum atomic E-state index is 12.9. The van der Waals surface area contributed by atoms with Crippen molar-refractivity contribution in [2.24, 2.45) is 5.92 Å². The van der Waals surface area contributed by atoms with E-state index in [0.29, 0.717) is 19.0 Å². The molecule has 1 aliphatic carbocycles. The van der Waals surface area contributed by atoms with Crippen LogP contribution in [0.4, 0.5) is 4.39 Å². The summed E-state index contributed by atoms with van der Waals surface area (Å²) < 4.78 is 12.9. The molecule has 3 rings (SSSR count). The molecule has 1 heterocycles. The molecule has 0 radical (unpaired) electrons. The molecule has 1 N–H and O–H groups in total. The number of benzene rings is 1. The summed E-state index contributed by atoms with van der Waals surface area (Å²) in [4.78, 5) is 28.1. The van der Waals surface area contributed by atoms with Gasteiger partial charge in [0.05, 0.1) is 12.1 Å². The van der Waals surface area contributed by atoms with Crippen LogP contribution >= 0.6 is 11.3 Å². The third-order valence-corrected chi connectivity index (χ3v) is 6.09. The molecule has 4 nitrogen and oxygen atoms in total. The molecule has 2 amide bonds. The van der Waals surface area contributed by atoms with E-state index in [2.05, 4.69) is 12.2 Å². The van der Waals surface area contributed by atoms with Crippen molar-refractivity contribution < 1.29 is 14.0 Å². The molecule has 6 heteroatoms. The summed E-state index contributed by atoms with van der Waals surface area (Å²) in [5, 5.41) is 4.75. The highest BCUT2D eigenvalue weighted by Crippen LogP contribution is 2.33. The molecule has 0 fully saturated rings. The van der Waals surface area contributed by atoms with E-state index in [4.69, 9.17) is 0 Å². The average Bonchev–Trinajstić information content (AvgIpc) is 3.08. The Morgan fingerprint density at radius 3 is 2.74 bits per heavy atom. The van der Waals surface area contributed by atoms with E-state index in [-0.39, 0.29) is 24.2 Å². The second-order valence-corrected chi connectivity index (χ2v) is 8.09. The Morgan fingerprint density at radius 1 is 1.30 bits per heavy atom. The first-order valence-corrected chi connectivity index (χ1v) is 10.3. The van der Waals surface area contributed by atoms with Crippen LogP contribution in [0.1, 0.15) is 46.6 Å². The first kappa shape index (κ1) is 19.5. The molecule has 2 aromatic rings. The van der Waals surface area contributed by atoms with Crippen LogP contribution < -0.4 is 5.32 Å². The maximum Gasteiger partial charge on any atom is 0.255 e. The summed E-state index contributed by atoms with van der Waals surface area (Å²) in [5.41, 5.74) is 2.75. The Balaban J connectivity index is 1.60. The third kappa shape index (κ3) is 4.75. The normalized spacial score (nSPS) is 15.9. The van der Waals surface area contributed by atoms with Gasteiger partial charge in [0.1, 0.15) is 5.82 Å². The van der Waals surface area contributed by atoms with Crippen LogP contribution in [0.25, 0.3) is 0 Å². The lowest BCUT2D eigenvalue weighted by Gasteiger charge is -2.23. The third-order valence-electron chi connectivity index (χ3n) is 5.04. The molecule has 0 spiro atoms. The van der Waals surface area contributed by atoms with Gasteiger partial charge in [-0.1, -0.05) is 19.1 Å². The summed E-state index contributed by atoms with van der Waals surface area (Å²) in [6.45, 7) is 4.94. The van der Waals surface area contributed by atoms with Crippen molar-refractivity contribution >= 4 is 23.2 Å². The van der Waals surface area contributed by atoms with Crippen molar-refractivity contribution in [3.05, 3.63) is 57.0 Å². The fraction of sp³-hybridized carbons (Fsp3) is 0.429. The second-order valence-electron chi connectivity index (χ2n) is 7.12. The van der Waals surface area contributed by atoms with Crippen molar-refractivity contribution in [2.75, 3.05) is 13.1 Å². The molecule has 1 unspecified atom stereocenters. The summed E-state index contributed by atoms with van der Waals surface area (Å²) in [6.07, 6.45) is 3.08. The Kier molecular flexibility index (Phi) is 6.26. The highest BCUT2D eigenvalue weighted by molar-refractivity contribution is 7.10. The molecule has 0 bridgehead atoms. The number of halogens is 1. The van der Waals surface area contributed by atoms with E-state index in [9.17, 15) is 14.0 Å². The standard InChI is InChI=1S/C21H25FN2O2S/c1-3-24(12-20(25)23-11-15-5-7-16(22)8-6-15)21(26)18-13-27-19-10-14(2)4-9-17(18)19/h5-8,13-14H,3-4,9-12H2,1-2H3,(H,23,25). The number of carbonyl (C=O) groups is 2. The summed E-state index contributed by atoms with van der Waals surface area (Å²) in [6, 6.07) is 6.00. The van der Waals surface area contributed by atoms with Gasteiger partial charge in [-0.15, -0.1) is 11.3 Å². The van der Waals surface area contributed by atoms with E-state index in [1.807, 2.05) is 12.3 Å². The van der Waals surface area contributed by atoms with Gasteiger partial charge in [-0.05, 0) is 55.4 Å². The van der Waals surface area contributed by atoms with Crippen molar-refractivity contribution in [2.45, 2.75) is 39.7 Å². The van der Waals surface area contributed by atoms with Crippen molar-refractivity contribution in [1.29, 1.82) is 0 Å². The van der Waals surface area contributed by atoms with Crippen LogP contribution in [0.3, 0.4) is 0 Å². The van der Waals surface area contributed by atoms with Gasteiger partial charge in [0.25, 0.3) is 5.91 Å². The monoisotopic (exact) mass is 388 g/mol. The van der Waals surface area contributed by atoms with Gasteiger partial charge in [-0.3, -0.25) is 9.59 Å². The number of rotatable bonds is 6. The van der Waals surface area contributed by atoms with Crippen molar-refractivity contribution in [3.63, 3.8) is 0 Å². The van der Waals surface area contributed by atoms with E-state index >= 15 is 0 Å². The molecule has 1 aliphatic rings. The number of nitrogens with zero attached hydrogens (tertiary/aromatic N) is 1. The maximum absolute atomic E-state index is 12.9. The van der Waals surface area contributed by atoms with E-state index in [0.717, 1.165) is 30.4 Å². The van der Waals surface area contributed by atoms with Crippen molar-refractivity contribution in [3.8, 4) is 0 Å². The molecule has 1 aromatic carbocycles. The molecular formula is C21H25FN2O2S. The lowest BCUT2D eigenvalue weighted by atomic mass is 9.88. The Hall–Kier alpha value is -2.21. The molecule has 144 valence electrons. The van der Waals surface area contributed by atoms with Gasteiger partial charge >= 0.3 is 0 Å². The van der Waals surface area contributed by atoms with E-state index in [1.165, 1.54) is 22.6 Å². The van der Waals surface area contributed by atoms with E-state index < -0.39 is 0 Å². The molecule has 0 saturated heterocycles. The number of hydrogen-bond acceptors (Lipinski definition) is 3. The number of hydrogen-bond donors (Lipinski definition) is 1. The zero-order valence-electron chi connectivity index (χ0n) is 15.8. The topological polar surface area (TPSA) is 49.4 Å². The summed E-state index contributed by atoms with van der Waals surface area (Å²) >= 11 is 1.66. The first-order valence-electron chi connectivity index (χ1n) is 9.37. The number of likely N-dealkylation sites (N-methyl/N-ethyl adjacent to an activating group) is 1. The minimum Gasteiger partial charge on any atom is -0.350 e. The summed E-state index contributed by atoms with van der Waals surface area (Å²) in [7, 11) is 0. The predicted octanol–water partition coefficient (Wildman–Crippen LogP) is 3.79. The van der Waals surface area contributed by atoms with Gasteiger partial charge in [0.2, 0.25) is 5.91 Å². The van der Waals surface area contributed by atoms with Crippen LogP contribution in [0.5, 0.6) is 0 Å². The number of thiophene rings is 1. The number of amides is 2. The number of nitrogens with one attached hydrogen (secondary N) is 1. The highest BCUT2D eigenvalue weighted by atomic mass is 32.1. The average molecular weight is 389 g/mol. The van der Waals surface area contributed by atoms with Crippen molar-refractivity contribution in [1.82, 2.24) is 10.2 Å². The van der Waals surface area contributed by atoms with Gasteiger partial charge in [-0.2, -0.15) is 0 Å². The molecule has 0 aliphatic heterocycles. The predicted molar refractivity (Wildman–Crippen MR) is 105 cm³/mol. The minimum absolute atomic E-state index is 0.0253. The van der Waals surface area contributed by atoms with E-state index in [1.54, 1.807) is 28.4 Å². The largest absolute Gasteiger partial charge is 0.350 e. The second kappa shape index (κ2) is 8.65. The van der Waals surface area contributed by atoms with Gasteiger partial charge in [0, 0.05) is 23.3 Å².